The first kappa shape index (κ1) is 13.8. The first-order valence-corrected chi connectivity index (χ1v) is 7.25. The van der Waals surface area contributed by atoms with Gasteiger partial charge in [-0.25, -0.2) is 4.98 Å². The van der Waals surface area contributed by atoms with Gasteiger partial charge in [-0.05, 0) is 36.4 Å². The highest BCUT2D eigenvalue weighted by Crippen LogP contribution is 2.30. The standard InChI is InChI=1S/C19H10N4O/c1-21-18-8-7-17(24-18)13-3-2-4-14(10-13)19-22-15-6-5-12(11-20)9-16(15)23-19/h2-10H,(H,22,23). The Kier molecular flexibility index (Phi) is 3.12. The van der Waals surface area contributed by atoms with Crippen molar-refractivity contribution in [2.24, 2.45) is 0 Å². The average molecular weight is 310 g/mol. The fourth-order valence-corrected chi connectivity index (χ4v) is 2.58. The van der Waals surface area contributed by atoms with Gasteiger partial charge in [0.25, 0.3) is 0 Å². The summed E-state index contributed by atoms with van der Waals surface area (Å²) in [7, 11) is 0. The van der Waals surface area contributed by atoms with E-state index < -0.39 is 0 Å². The third-order valence-corrected chi connectivity index (χ3v) is 3.73. The third-order valence-electron chi connectivity index (χ3n) is 3.73. The number of rotatable bonds is 2. The molecule has 0 aliphatic carbocycles. The first-order chi connectivity index (χ1) is 11.8. The Balaban J connectivity index is 1.78. The van der Waals surface area contributed by atoms with Crippen LogP contribution in [0.4, 0.5) is 5.88 Å². The van der Waals surface area contributed by atoms with Gasteiger partial charge in [-0.1, -0.05) is 18.2 Å². The van der Waals surface area contributed by atoms with E-state index in [0.717, 1.165) is 28.0 Å². The van der Waals surface area contributed by atoms with Crippen molar-refractivity contribution in [3.63, 3.8) is 0 Å². The van der Waals surface area contributed by atoms with E-state index in [1.807, 2.05) is 30.3 Å². The number of imidazole rings is 1. The Morgan fingerprint density at radius 2 is 1.96 bits per heavy atom. The highest BCUT2D eigenvalue weighted by molar-refractivity contribution is 5.81. The molecule has 0 aliphatic rings. The molecule has 0 bridgehead atoms. The lowest BCUT2D eigenvalue weighted by atomic mass is 10.1. The van der Waals surface area contributed by atoms with Crippen LogP contribution in [0.1, 0.15) is 5.56 Å². The second kappa shape index (κ2) is 5.42. The molecule has 0 radical (unpaired) electrons. The molecule has 4 rings (SSSR count). The molecule has 0 aliphatic heterocycles. The lowest BCUT2D eigenvalue weighted by Gasteiger charge is -2.01. The van der Waals surface area contributed by atoms with E-state index in [1.165, 1.54) is 0 Å². The minimum Gasteiger partial charge on any atom is -0.480 e. The third kappa shape index (κ3) is 2.31. The minimum atomic E-state index is 0.267. The topological polar surface area (TPSA) is 70.0 Å². The largest absolute Gasteiger partial charge is 0.480 e. The molecule has 0 amide bonds. The molecular formula is C19H10N4O. The van der Waals surface area contributed by atoms with Gasteiger partial charge >= 0.3 is 5.88 Å². The van der Waals surface area contributed by atoms with Crippen LogP contribution in [-0.4, -0.2) is 9.97 Å². The smallest absolute Gasteiger partial charge is 0.346 e. The Morgan fingerprint density at radius 1 is 1.08 bits per heavy atom. The maximum atomic E-state index is 8.99. The maximum absolute atomic E-state index is 8.99. The molecule has 4 aromatic rings. The summed E-state index contributed by atoms with van der Waals surface area (Å²) >= 11 is 0. The Labute approximate surface area is 137 Å². The fraction of sp³-hybridized carbons (Fsp3) is 0. The number of furan rings is 1. The highest BCUT2D eigenvalue weighted by atomic mass is 16.4. The summed E-state index contributed by atoms with van der Waals surface area (Å²) in [6, 6.07) is 18.7. The maximum Gasteiger partial charge on any atom is 0.346 e. The van der Waals surface area contributed by atoms with Gasteiger partial charge in [0.2, 0.25) is 0 Å². The zero-order valence-corrected chi connectivity index (χ0v) is 12.4. The number of nitrogens with zero attached hydrogens (tertiary/aromatic N) is 3. The number of nitriles is 1. The van der Waals surface area contributed by atoms with Gasteiger partial charge in [-0.15, -0.1) is 0 Å². The van der Waals surface area contributed by atoms with E-state index in [2.05, 4.69) is 20.9 Å². The quantitative estimate of drug-likeness (QED) is 0.535. The zero-order chi connectivity index (χ0) is 16.5. The molecule has 0 atom stereocenters. The van der Waals surface area contributed by atoms with Crippen LogP contribution in [0.3, 0.4) is 0 Å². The highest BCUT2D eigenvalue weighted by Gasteiger charge is 2.09. The molecule has 0 spiro atoms. The van der Waals surface area contributed by atoms with Gasteiger partial charge in [0, 0.05) is 11.1 Å². The number of hydrogen-bond donors (Lipinski definition) is 1. The monoisotopic (exact) mass is 310 g/mol. The van der Waals surface area contributed by atoms with Gasteiger partial charge in [0.05, 0.1) is 29.2 Å². The van der Waals surface area contributed by atoms with Crippen molar-refractivity contribution in [2.45, 2.75) is 0 Å². The fourth-order valence-electron chi connectivity index (χ4n) is 2.58. The molecule has 2 aromatic carbocycles. The number of aromatic nitrogens is 2. The van der Waals surface area contributed by atoms with Crippen LogP contribution in [0, 0.1) is 17.9 Å². The molecule has 5 heteroatoms. The summed E-state index contributed by atoms with van der Waals surface area (Å²) in [5.41, 5.74) is 4.00. The molecule has 0 saturated heterocycles. The summed E-state index contributed by atoms with van der Waals surface area (Å²) in [6.45, 7) is 6.98. The second-order valence-corrected chi connectivity index (χ2v) is 5.26. The lowest BCUT2D eigenvalue weighted by molar-refractivity contribution is 0.607. The van der Waals surface area contributed by atoms with Crippen LogP contribution in [0.2, 0.25) is 0 Å². The van der Waals surface area contributed by atoms with Crippen molar-refractivity contribution in [1.82, 2.24) is 9.97 Å². The zero-order valence-electron chi connectivity index (χ0n) is 12.4. The van der Waals surface area contributed by atoms with Crippen LogP contribution in [0.25, 0.3) is 38.6 Å². The number of fused-ring (bicyclic) bond motifs is 1. The summed E-state index contributed by atoms with van der Waals surface area (Å²) < 4.78 is 5.48. The van der Waals surface area contributed by atoms with Crippen LogP contribution < -0.4 is 0 Å². The van der Waals surface area contributed by atoms with Crippen molar-refractivity contribution < 1.29 is 4.42 Å². The normalized spacial score (nSPS) is 10.4. The minimum absolute atomic E-state index is 0.267. The number of aromatic amines is 1. The Morgan fingerprint density at radius 3 is 2.75 bits per heavy atom. The Bertz CT molecular complexity index is 1140. The molecule has 5 nitrogen and oxygen atoms in total. The Hall–Kier alpha value is -3.83. The summed E-state index contributed by atoms with van der Waals surface area (Å²) in [6.07, 6.45) is 0. The molecule has 0 unspecified atom stereocenters. The predicted molar refractivity (Wildman–Crippen MR) is 90.2 cm³/mol. The van der Waals surface area contributed by atoms with Gasteiger partial charge in [-0.2, -0.15) is 10.1 Å². The molecule has 2 heterocycles. The van der Waals surface area contributed by atoms with Crippen molar-refractivity contribution in [1.29, 1.82) is 5.26 Å². The first-order valence-electron chi connectivity index (χ1n) is 7.25. The summed E-state index contributed by atoms with van der Waals surface area (Å²) in [5, 5.41) is 8.99. The van der Waals surface area contributed by atoms with Gasteiger partial charge in [-0.3, -0.25) is 0 Å². The molecule has 112 valence electrons. The predicted octanol–water partition coefficient (Wildman–Crippen LogP) is 4.91. The van der Waals surface area contributed by atoms with Gasteiger partial charge in [0.1, 0.15) is 11.6 Å². The van der Waals surface area contributed by atoms with E-state index >= 15 is 0 Å². The van der Waals surface area contributed by atoms with E-state index in [0.29, 0.717) is 11.3 Å². The van der Waals surface area contributed by atoms with Crippen LogP contribution in [0.15, 0.2) is 59.0 Å². The number of benzene rings is 2. The number of nitrogens with one attached hydrogen (secondary N) is 1. The molecule has 1 N–H and O–H groups in total. The molecular weight excluding hydrogens is 300 g/mol. The van der Waals surface area contributed by atoms with Crippen LogP contribution in [0.5, 0.6) is 0 Å². The van der Waals surface area contributed by atoms with Crippen molar-refractivity contribution in [2.75, 3.05) is 0 Å². The number of hydrogen-bond acceptors (Lipinski definition) is 3. The van der Waals surface area contributed by atoms with E-state index in [4.69, 9.17) is 16.3 Å². The van der Waals surface area contributed by atoms with Crippen LogP contribution in [-0.2, 0) is 0 Å². The van der Waals surface area contributed by atoms with Crippen molar-refractivity contribution >= 4 is 16.9 Å². The van der Waals surface area contributed by atoms with Crippen LogP contribution >= 0.6 is 0 Å². The van der Waals surface area contributed by atoms with Gasteiger partial charge < -0.3 is 9.40 Å². The van der Waals surface area contributed by atoms with E-state index in [9.17, 15) is 0 Å². The second-order valence-electron chi connectivity index (χ2n) is 5.26. The SMILES string of the molecule is [C-]#[N+]c1ccc(-c2cccc(-c3nc4ccc(C#N)cc4[nH]3)c2)o1. The summed E-state index contributed by atoms with van der Waals surface area (Å²) in [5.74, 6) is 1.63. The molecule has 0 saturated carbocycles. The molecule has 24 heavy (non-hydrogen) atoms. The van der Waals surface area contributed by atoms with E-state index in [-0.39, 0.29) is 5.88 Å². The molecule has 2 aromatic heterocycles. The lowest BCUT2D eigenvalue weighted by Crippen LogP contribution is -1.81. The summed E-state index contributed by atoms with van der Waals surface area (Å²) in [4.78, 5) is 11.1. The van der Waals surface area contributed by atoms with E-state index in [1.54, 1.807) is 24.3 Å². The van der Waals surface area contributed by atoms with Gasteiger partial charge in [0.15, 0.2) is 0 Å². The number of H-pyrrole nitrogens is 1. The average Bonchev–Trinajstić information content (AvgIpc) is 3.27. The van der Waals surface area contributed by atoms with Crippen molar-refractivity contribution in [3.8, 4) is 28.8 Å². The molecule has 0 fully saturated rings. The van der Waals surface area contributed by atoms with Crippen molar-refractivity contribution in [3.05, 3.63) is 71.6 Å².